The van der Waals surface area contributed by atoms with Crippen LogP contribution in [0.15, 0.2) is 48.2 Å². The second-order valence-corrected chi connectivity index (χ2v) is 5.99. The fourth-order valence-corrected chi connectivity index (χ4v) is 2.76. The van der Waals surface area contributed by atoms with Crippen LogP contribution < -0.4 is 4.90 Å². The van der Waals surface area contributed by atoms with Gasteiger partial charge in [-0.15, -0.1) is 0 Å². The minimum absolute atomic E-state index is 0.124. The van der Waals surface area contributed by atoms with Crippen molar-refractivity contribution in [3.8, 4) is 0 Å². The van der Waals surface area contributed by atoms with E-state index in [0.717, 1.165) is 22.6 Å². The highest BCUT2D eigenvalue weighted by molar-refractivity contribution is 6.35. The fourth-order valence-electron chi connectivity index (χ4n) is 2.76. The third-order valence-electron chi connectivity index (χ3n) is 4.21. The summed E-state index contributed by atoms with van der Waals surface area (Å²) in [6.07, 6.45) is 0. The SMILES string of the molecule is C/C(=C1/C(=O)N(c2ccc(C)cc2)c2ccc(F)cc21)N(C)C. The van der Waals surface area contributed by atoms with Gasteiger partial charge in [0.1, 0.15) is 5.82 Å². The summed E-state index contributed by atoms with van der Waals surface area (Å²) in [6.45, 7) is 3.88. The lowest BCUT2D eigenvalue weighted by atomic mass is 10.1. The summed E-state index contributed by atoms with van der Waals surface area (Å²) < 4.78 is 13.7. The molecular formula is C19H19FN2O. The zero-order chi connectivity index (χ0) is 16.7. The van der Waals surface area contributed by atoms with Gasteiger partial charge in [0.05, 0.1) is 11.3 Å². The number of halogens is 1. The molecule has 0 aliphatic carbocycles. The molecule has 118 valence electrons. The summed E-state index contributed by atoms with van der Waals surface area (Å²) in [7, 11) is 3.76. The highest BCUT2D eigenvalue weighted by atomic mass is 19.1. The topological polar surface area (TPSA) is 23.6 Å². The quantitative estimate of drug-likeness (QED) is 0.780. The van der Waals surface area contributed by atoms with E-state index in [2.05, 4.69) is 0 Å². The largest absolute Gasteiger partial charge is 0.381 e. The van der Waals surface area contributed by atoms with Crippen molar-refractivity contribution in [3.63, 3.8) is 0 Å². The maximum atomic E-state index is 13.7. The molecule has 2 aromatic rings. The minimum atomic E-state index is -0.341. The van der Waals surface area contributed by atoms with Crippen LogP contribution in [0.2, 0.25) is 0 Å². The second kappa shape index (κ2) is 5.54. The number of hydrogen-bond acceptors (Lipinski definition) is 2. The Hall–Kier alpha value is -2.62. The van der Waals surface area contributed by atoms with Gasteiger partial charge in [-0.3, -0.25) is 9.69 Å². The first-order valence-electron chi connectivity index (χ1n) is 7.49. The third kappa shape index (κ3) is 2.50. The highest BCUT2D eigenvalue weighted by Crippen LogP contribution is 2.43. The lowest BCUT2D eigenvalue weighted by Crippen LogP contribution is -2.22. The summed E-state index contributed by atoms with van der Waals surface area (Å²) in [4.78, 5) is 16.5. The molecule has 1 heterocycles. The zero-order valence-electron chi connectivity index (χ0n) is 13.7. The molecule has 0 spiro atoms. The Kier molecular flexibility index (Phi) is 3.68. The molecule has 0 N–H and O–H groups in total. The molecule has 0 aromatic heterocycles. The van der Waals surface area contributed by atoms with Crippen LogP contribution >= 0.6 is 0 Å². The number of benzene rings is 2. The predicted octanol–water partition coefficient (Wildman–Crippen LogP) is 4.11. The number of nitrogens with zero attached hydrogens (tertiary/aromatic N) is 2. The standard InChI is InChI=1S/C19H19FN2O/c1-12-5-8-15(9-6-12)22-17-10-7-14(20)11-16(17)18(19(22)23)13(2)21(3)4/h5-11H,1-4H3/b18-13-. The Morgan fingerprint density at radius 2 is 1.74 bits per heavy atom. The van der Waals surface area contributed by atoms with Crippen molar-refractivity contribution in [3.05, 3.63) is 65.1 Å². The van der Waals surface area contributed by atoms with E-state index in [0.29, 0.717) is 11.1 Å². The summed E-state index contributed by atoms with van der Waals surface area (Å²) in [5.74, 6) is -0.466. The Morgan fingerprint density at radius 3 is 2.35 bits per heavy atom. The van der Waals surface area contributed by atoms with E-state index in [9.17, 15) is 9.18 Å². The van der Waals surface area contributed by atoms with E-state index >= 15 is 0 Å². The van der Waals surface area contributed by atoms with Gasteiger partial charge in [0.25, 0.3) is 5.91 Å². The number of anilines is 2. The van der Waals surface area contributed by atoms with Gasteiger partial charge in [0.15, 0.2) is 0 Å². The molecule has 3 rings (SSSR count). The van der Waals surface area contributed by atoms with Crippen LogP contribution in [-0.4, -0.2) is 24.9 Å². The number of allylic oxidation sites excluding steroid dienone is 1. The van der Waals surface area contributed by atoms with Gasteiger partial charge in [0, 0.05) is 31.0 Å². The zero-order valence-corrected chi connectivity index (χ0v) is 13.7. The van der Waals surface area contributed by atoms with Gasteiger partial charge < -0.3 is 4.90 Å². The maximum Gasteiger partial charge on any atom is 0.265 e. The van der Waals surface area contributed by atoms with Crippen LogP contribution in [-0.2, 0) is 4.79 Å². The molecule has 0 atom stereocenters. The molecule has 1 aliphatic heterocycles. The van der Waals surface area contributed by atoms with Crippen molar-refractivity contribution in [2.45, 2.75) is 13.8 Å². The Bertz CT molecular complexity index is 807. The normalized spacial score (nSPS) is 15.7. The van der Waals surface area contributed by atoms with Crippen molar-refractivity contribution < 1.29 is 9.18 Å². The van der Waals surface area contributed by atoms with Crippen molar-refractivity contribution in [2.75, 3.05) is 19.0 Å². The first kappa shape index (κ1) is 15.3. The molecule has 0 radical (unpaired) electrons. The van der Waals surface area contributed by atoms with Crippen molar-refractivity contribution in [1.29, 1.82) is 0 Å². The number of carbonyl (C=O) groups is 1. The van der Waals surface area contributed by atoms with Gasteiger partial charge in [-0.05, 0) is 44.2 Å². The van der Waals surface area contributed by atoms with Crippen LogP contribution in [0.5, 0.6) is 0 Å². The summed E-state index contributed by atoms with van der Waals surface area (Å²) in [5.41, 5.74) is 4.63. The Morgan fingerprint density at radius 1 is 1.09 bits per heavy atom. The second-order valence-electron chi connectivity index (χ2n) is 5.99. The van der Waals surface area contributed by atoms with Crippen LogP contribution in [0.4, 0.5) is 15.8 Å². The average Bonchev–Trinajstić information content (AvgIpc) is 2.78. The average molecular weight is 310 g/mol. The van der Waals surface area contributed by atoms with Gasteiger partial charge in [-0.2, -0.15) is 0 Å². The highest BCUT2D eigenvalue weighted by Gasteiger charge is 2.35. The molecular weight excluding hydrogens is 291 g/mol. The number of amides is 1. The number of hydrogen-bond donors (Lipinski definition) is 0. The third-order valence-corrected chi connectivity index (χ3v) is 4.21. The van der Waals surface area contributed by atoms with Gasteiger partial charge in [-0.1, -0.05) is 17.7 Å². The molecule has 4 heteroatoms. The summed E-state index contributed by atoms with van der Waals surface area (Å²) in [6, 6.07) is 12.2. The molecule has 1 amide bonds. The lowest BCUT2D eigenvalue weighted by molar-refractivity contribution is -0.112. The van der Waals surface area contributed by atoms with E-state index < -0.39 is 0 Å². The smallest absolute Gasteiger partial charge is 0.265 e. The van der Waals surface area contributed by atoms with E-state index in [4.69, 9.17) is 0 Å². The van der Waals surface area contributed by atoms with E-state index in [-0.39, 0.29) is 11.7 Å². The molecule has 2 aromatic carbocycles. The maximum absolute atomic E-state index is 13.7. The van der Waals surface area contributed by atoms with Crippen LogP contribution in [0.25, 0.3) is 5.57 Å². The monoisotopic (exact) mass is 310 g/mol. The minimum Gasteiger partial charge on any atom is -0.381 e. The van der Waals surface area contributed by atoms with Gasteiger partial charge >= 0.3 is 0 Å². The molecule has 23 heavy (non-hydrogen) atoms. The van der Waals surface area contributed by atoms with Gasteiger partial charge in [0.2, 0.25) is 0 Å². The lowest BCUT2D eigenvalue weighted by Gasteiger charge is -2.18. The van der Waals surface area contributed by atoms with Crippen molar-refractivity contribution in [2.24, 2.45) is 0 Å². The summed E-state index contributed by atoms with van der Waals surface area (Å²) >= 11 is 0. The molecule has 1 aliphatic rings. The van der Waals surface area contributed by atoms with Crippen molar-refractivity contribution >= 4 is 22.9 Å². The molecule has 0 unspecified atom stereocenters. The van der Waals surface area contributed by atoms with Gasteiger partial charge in [-0.25, -0.2) is 4.39 Å². The molecule has 0 bridgehead atoms. The fraction of sp³-hybridized carbons (Fsp3) is 0.211. The van der Waals surface area contributed by atoms with Crippen molar-refractivity contribution in [1.82, 2.24) is 4.90 Å². The first-order valence-corrected chi connectivity index (χ1v) is 7.49. The van der Waals surface area contributed by atoms with E-state index in [1.807, 2.05) is 57.1 Å². The van der Waals surface area contributed by atoms with Crippen LogP contribution in [0, 0.1) is 12.7 Å². The Labute approximate surface area is 135 Å². The number of aryl methyl sites for hydroxylation is 1. The first-order chi connectivity index (χ1) is 10.9. The van der Waals surface area contributed by atoms with E-state index in [1.54, 1.807) is 11.0 Å². The number of rotatable bonds is 2. The Balaban J connectivity index is 2.23. The predicted molar refractivity (Wildman–Crippen MR) is 91.0 cm³/mol. The van der Waals surface area contributed by atoms with Crippen LogP contribution in [0.1, 0.15) is 18.1 Å². The van der Waals surface area contributed by atoms with E-state index in [1.165, 1.54) is 12.1 Å². The molecule has 0 fully saturated rings. The molecule has 0 saturated carbocycles. The molecule has 3 nitrogen and oxygen atoms in total. The molecule has 0 saturated heterocycles. The number of carbonyl (C=O) groups excluding carboxylic acids is 1. The summed E-state index contributed by atoms with van der Waals surface area (Å²) in [5, 5.41) is 0. The number of fused-ring (bicyclic) bond motifs is 1. The van der Waals surface area contributed by atoms with Crippen LogP contribution in [0.3, 0.4) is 0 Å².